The lowest BCUT2D eigenvalue weighted by atomic mass is 10.1. The molecule has 1 rings (SSSR count). The molecule has 0 aliphatic rings. The smallest absolute Gasteiger partial charge is 0.0762 e. The maximum atomic E-state index is 9.59. The normalized spacial score (nSPS) is 12.5. The zero-order valence-electron chi connectivity index (χ0n) is 11.7. The average molecular weight is 332 g/mol. The second-order valence-electron chi connectivity index (χ2n) is 4.36. The second-order valence-corrected chi connectivity index (χ2v) is 5.21. The predicted molar refractivity (Wildman–Crippen MR) is 80.7 cm³/mol. The van der Waals surface area contributed by atoms with Crippen LogP contribution in [0.3, 0.4) is 0 Å². The summed E-state index contributed by atoms with van der Waals surface area (Å²) in [5, 5.41) is 9.59. The van der Waals surface area contributed by atoms with E-state index in [1.165, 1.54) is 0 Å². The highest BCUT2D eigenvalue weighted by Crippen LogP contribution is 2.29. The first-order chi connectivity index (χ1) is 9.10. The first-order valence-electron chi connectivity index (χ1n) is 6.30. The number of rotatable bonds is 8. The fraction of sp³-hybridized carbons (Fsp3) is 0.571. The highest BCUT2D eigenvalue weighted by molar-refractivity contribution is 9.10. The number of anilines is 1. The van der Waals surface area contributed by atoms with E-state index in [2.05, 4.69) is 20.8 Å². The van der Waals surface area contributed by atoms with Crippen LogP contribution in [0.25, 0.3) is 0 Å². The van der Waals surface area contributed by atoms with Crippen LogP contribution in [0.1, 0.15) is 18.6 Å². The summed E-state index contributed by atoms with van der Waals surface area (Å²) >= 11 is 3.57. The number of hydrogen-bond acceptors (Lipinski definition) is 4. The number of benzene rings is 1. The predicted octanol–water partition coefficient (Wildman–Crippen LogP) is 2.60. The van der Waals surface area contributed by atoms with Crippen LogP contribution in [0, 0.1) is 0 Å². The van der Waals surface area contributed by atoms with Crippen LogP contribution in [0.2, 0.25) is 0 Å². The maximum absolute atomic E-state index is 9.59. The number of nitrogens with zero attached hydrogens (tertiary/aromatic N) is 1. The van der Waals surface area contributed by atoms with E-state index in [9.17, 15) is 5.11 Å². The van der Waals surface area contributed by atoms with Crippen molar-refractivity contribution in [3.63, 3.8) is 0 Å². The van der Waals surface area contributed by atoms with E-state index in [0.717, 1.165) is 28.8 Å². The Morgan fingerprint density at radius 1 is 1.21 bits per heavy atom. The van der Waals surface area contributed by atoms with Gasteiger partial charge < -0.3 is 19.5 Å². The Morgan fingerprint density at radius 3 is 2.21 bits per heavy atom. The van der Waals surface area contributed by atoms with Crippen LogP contribution >= 0.6 is 15.9 Å². The zero-order valence-corrected chi connectivity index (χ0v) is 13.3. The minimum absolute atomic E-state index is 0.461. The van der Waals surface area contributed by atoms with Gasteiger partial charge in [-0.2, -0.15) is 0 Å². The number of aliphatic hydroxyl groups excluding tert-OH is 1. The largest absolute Gasteiger partial charge is 0.389 e. The van der Waals surface area contributed by atoms with Gasteiger partial charge in [-0.25, -0.2) is 0 Å². The van der Waals surface area contributed by atoms with Crippen molar-refractivity contribution in [1.82, 2.24) is 0 Å². The van der Waals surface area contributed by atoms with E-state index in [1.54, 1.807) is 21.1 Å². The Labute approximate surface area is 123 Å². The second kappa shape index (κ2) is 8.53. The molecule has 0 saturated heterocycles. The first kappa shape index (κ1) is 16.4. The van der Waals surface area contributed by atoms with Gasteiger partial charge in [0.15, 0.2) is 0 Å². The van der Waals surface area contributed by atoms with Crippen molar-refractivity contribution >= 4 is 21.6 Å². The molecule has 1 aromatic rings. The van der Waals surface area contributed by atoms with Crippen molar-refractivity contribution in [1.29, 1.82) is 0 Å². The third-order valence-corrected chi connectivity index (χ3v) is 3.56. The van der Waals surface area contributed by atoms with Crippen LogP contribution in [-0.2, 0) is 9.47 Å². The summed E-state index contributed by atoms with van der Waals surface area (Å²) < 4.78 is 11.2. The van der Waals surface area contributed by atoms with Gasteiger partial charge in [-0.15, -0.1) is 0 Å². The highest BCUT2D eigenvalue weighted by atomic mass is 79.9. The third kappa shape index (κ3) is 5.10. The first-order valence-corrected chi connectivity index (χ1v) is 7.09. The third-order valence-electron chi connectivity index (χ3n) is 2.93. The Bertz CT molecular complexity index is 377. The monoisotopic (exact) mass is 331 g/mol. The number of ether oxygens (including phenoxy) is 2. The van der Waals surface area contributed by atoms with Crippen molar-refractivity contribution in [2.45, 2.75) is 13.0 Å². The van der Waals surface area contributed by atoms with Crippen LogP contribution in [0.15, 0.2) is 22.7 Å². The SMILES string of the molecule is COCCN(CCOC)c1ccc(C(C)O)cc1Br. The van der Waals surface area contributed by atoms with Crippen molar-refractivity contribution in [2.24, 2.45) is 0 Å². The topological polar surface area (TPSA) is 41.9 Å². The summed E-state index contributed by atoms with van der Waals surface area (Å²) in [7, 11) is 3.39. The van der Waals surface area contributed by atoms with Gasteiger partial charge in [0.05, 0.1) is 25.0 Å². The lowest BCUT2D eigenvalue weighted by Gasteiger charge is -2.26. The number of methoxy groups -OCH3 is 2. The van der Waals surface area contributed by atoms with Crippen LogP contribution in [-0.4, -0.2) is 45.6 Å². The van der Waals surface area contributed by atoms with Crippen LogP contribution in [0.4, 0.5) is 5.69 Å². The molecule has 0 heterocycles. The molecule has 0 amide bonds. The molecule has 1 N–H and O–H groups in total. The van der Waals surface area contributed by atoms with E-state index in [-0.39, 0.29) is 0 Å². The van der Waals surface area contributed by atoms with Crippen molar-refractivity contribution in [2.75, 3.05) is 45.4 Å². The summed E-state index contributed by atoms with van der Waals surface area (Å²) in [5.74, 6) is 0. The molecule has 0 spiro atoms. The van der Waals surface area contributed by atoms with Gasteiger partial charge in [0.2, 0.25) is 0 Å². The van der Waals surface area contributed by atoms with Gasteiger partial charge in [-0.3, -0.25) is 0 Å². The standard InChI is InChI=1S/C14H22BrNO3/c1-11(17)12-4-5-14(13(15)10-12)16(6-8-18-2)7-9-19-3/h4-5,10-11,17H,6-9H2,1-3H3. The molecule has 5 heteroatoms. The van der Waals surface area contributed by atoms with Gasteiger partial charge >= 0.3 is 0 Å². The molecule has 1 unspecified atom stereocenters. The summed E-state index contributed by atoms with van der Waals surface area (Å²) in [6, 6.07) is 5.90. The summed E-state index contributed by atoms with van der Waals surface area (Å²) in [6.45, 7) is 4.68. The fourth-order valence-electron chi connectivity index (χ4n) is 1.80. The number of hydrogen-bond donors (Lipinski definition) is 1. The fourth-order valence-corrected chi connectivity index (χ4v) is 2.44. The molecule has 0 radical (unpaired) electrons. The Balaban J connectivity index is 2.87. The molecule has 0 fully saturated rings. The number of halogens is 1. The van der Waals surface area contributed by atoms with E-state index in [4.69, 9.17) is 9.47 Å². The Hall–Kier alpha value is -0.620. The molecule has 0 saturated carbocycles. The molecule has 0 aliphatic heterocycles. The Morgan fingerprint density at radius 2 is 1.79 bits per heavy atom. The van der Waals surface area contributed by atoms with E-state index >= 15 is 0 Å². The molecule has 4 nitrogen and oxygen atoms in total. The van der Waals surface area contributed by atoms with E-state index in [0.29, 0.717) is 13.2 Å². The zero-order chi connectivity index (χ0) is 14.3. The van der Waals surface area contributed by atoms with Crippen molar-refractivity contribution in [3.05, 3.63) is 28.2 Å². The molecule has 0 aromatic heterocycles. The molecule has 0 bridgehead atoms. The van der Waals surface area contributed by atoms with Gasteiger partial charge in [0.1, 0.15) is 0 Å². The maximum Gasteiger partial charge on any atom is 0.0762 e. The van der Waals surface area contributed by atoms with Gasteiger partial charge in [-0.05, 0) is 40.5 Å². The minimum Gasteiger partial charge on any atom is -0.389 e. The molecule has 1 aromatic carbocycles. The van der Waals surface area contributed by atoms with E-state index in [1.807, 2.05) is 18.2 Å². The average Bonchev–Trinajstić information content (AvgIpc) is 2.39. The van der Waals surface area contributed by atoms with Gasteiger partial charge in [-0.1, -0.05) is 6.07 Å². The summed E-state index contributed by atoms with van der Waals surface area (Å²) in [5.41, 5.74) is 1.98. The van der Waals surface area contributed by atoms with Crippen LogP contribution in [0.5, 0.6) is 0 Å². The molecule has 19 heavy (non-hydrogen) atoms. The highest BCUT2D eigenvalue weighted by Gasteiger charge is 2.11. The van der Waals surface area contributed by atoms with Crippen molar-refractivity contribution in [3.8, 4) is 0 Å². The van der Waals surface area contributed by atoms with Crippen molar-refractivity contribution < 1.29 is 14.6 Å². The number of aliphatic hydroxyl groups is 1. The molecule has 1 atom stereocenters. The van der Waals surface area contributed by atoms with Crippen LogP contribution < -0.4 is 4.90 Å². The lowest BCUT2D eigenvalue weighted by molar-refractivity contribution is 0.190. The summed E-state index contributed by atoms with van der Waals surface area (Å²) in [6.07, 6.45) is -0.461. The molecule has 0 aliphatic carbocycles. The Kier molecular flexibility index (Phi) is 7.38. The molecule has 108 valence electrons. The minimum atomic E-state index is -0.461. The molecular formula is C14H22BrNO3. The van der Waals surface area contributed by atoms with Gasteiger partial charge in [0, 0.05) is 31.8 Å². The molecular weight excluding hydrogens is 310 g/mol. The summed E-state index contributed by atoms with van der Waals surface area (Å²) in [4.78, 5) is 2.20. The lowest BCUT2D eigenvalue weighted by Crippen LogP contribution is -2.30. The van der Waals surface area contributed by atoms with Gasteiger partial charge in [0.25, 0.3) is 0 Å². The quantitative estimate of drug-likeness (QED) is 0.795. The van der Waals surface area contributed by atoms with E-state index < -0.39 is 6.10 Å².